The number of carbonyl (C=O) groups excluding carboxylic acids is 2. The Morgan fingerprint density at radius 3 is 2.61 bits per heavy atom. The molecule has 2 heterocycles. The van der Waals surface area contributed by atoms with Gasteiger partial charge in [-0.3, -0.25) is 9.59 Å². The second kappa shape index (κ2) is 5.81. The topological polar surface area (TPSA) is 49.4 Å². The van der Waals surface area contributed by atoms with Crippen LogP contribution < -0.4 is 10.2 Å². The van der Waals surface area contributed by atoms with Crippen molar-refractivity contribution in [1.29, 1.82) is 0 Å². The van der Waals surface area contributed by atoms with Gasteiger partial charge in [0.1, 0.15) is 0 Å². The van der Waals surface area contributed by atoms with Crippen LogP contribution in [0.5, 0.6) is 0 Å². The predicted molar refractivity (Wildman–Crippen MR) is 92.3 cm³/mol. The third-order valence-electron chi connectivity index (χ3n) is 4.48. The first-order chi connectivity index (χ1) is 11.2. The Kier molecular flexibility index (Phi) is 3.65. The lowest BCUT2D eigenvalue weighted by atomic mass is 10.2. The lowest BCUT2D eigenvalue weighted by Crippen LogP contribution is -2.23. The SMILES string of the molecule is O=C(Nc1ccc(N2CCCC2=O)cc1)c1cc2c(s1)CCC2. The Labute approximate surface area is 139 Å². The standard InChI is InChI=1S/C18H18N2O2S/c21-17-5-2-10-20(17)14-8-6-13(7-9-14)19-18(22)16-11-12-3-1-4-15(12)23-16/h6-9,11H,1-5,10H2,(H,19,22). The zero-order chi connectivity index (χ0) is 15.8. The van der Waals surface area contributed by atoms with E-state index in [2.05, 4.69) is 5.32 Å². The Balaban J connectivity index is 1.46. The molecule has 118 valence electrons. The van der Waals surface area contributed by atoms with Crippen molar-refractivity contribution in [3.8, 4) is 0 Å². The Hall–Kier alpha value is -2.14. The zero-order valence-electron chi connectivity index (χ0n) is 12.8. The molecule has 0 radical (unpaired) electrons. The van der Waals surface area contributed by atoms with Crippen LogP contribution in [0.1, 0.15) is 39.4 Å². The molecule has 0 atom stereocenters. The number of carbonyl (C=O) groups is 2. The quantitative estimate of drug-likeness (QED) is 0.936. The maximum absolute atomic E-state index is 12.3. The lowest BCUT2D eigenvalue weighted by Gasteiger charge is -2.16. The molecule has 1 aromatic heterocycles. The summed E-state index contributed by atoms with van der Waals surface area (Å²) in [5.41, 5.74) is 3.00. The summed E-state index contributed by atoms with van der Waals surface area (Å²) in [4.78, 5) is 28.0. The van der Waals surface area contributed by atoms with Crippen LogP contribution in [0.2, 0.25) is 0 Å². The third kappa shape index (κ3) is 2.77. The summed E-state index contributed by atoms with van der Waals surface area (Å²) in [7, 11) is 0. The summed E-state index contributed by atoms with van der Waals surface area (Å²) in [6.45, 7) is 0.783. The van der Waals surface area contributed by atoms with Crippen molar-refractivity contribution in [3.05, 3.63) is 45.6 Å². The molecule has 1 aromatic carbocycles. The maximum atomic E-state index is 12.3. The van der Waals surface area contributed by atoms with Crippen molar-refractivity contribution in [1.82, 2.24) is 0 Å². The number of thiophene rings is 1. The highest BCUT2D eigenvalue weighted by Gasteiger charge is 2.22. The maximum Gasteiger partial charge on any atom is 0.265 e. The van der Waals surface area contributed by atoms with Crippen LogP contribution in [0.3, 0.4) is 0 Å². The fraction of sp³-hybridized carbons (Fsp3) is 0.333. The van der Waals surface area contributed by atoms with Crippen LogP contribution in [0.15, 0.2) is 30.3 Å². The molecule has 0 spiro atoms. The van der Waals surface area contributed by atoms with Gasteiger partial charge in [0.15, 0.2) is 0 Å². The Morgan fingerprint density at radius 1 is 1.09 bits per heavy atom. The van der Waals surface area contributed by atoms with E-state index >= 15 is 0 Å². The summed E-state index contributed by atoms with van der Waals surface area (Å²) < 4.78 is 0. The first-order valence-corrected chi connectivity index (χ1v) is 8.86. The predicted octanol–water partition coefficient (Wildman–Crippen LogP) is 3.62. The number of anilines is 2. The van der Waals surface area contributed by atoms with Crippen molar-refractivity contribution in [2.24, 2.45) is 0 Å². The molecule has 2 aliphatic rings. The molecule has 1 aliphatic heterocycles. The molecular formula is C18H18N2O2S. The van der Waals surface area contributed by atoms with E-state index in [1.54, 1.807) is 16.2 Å². The second-order valence-corrected chi connectivity index (χ2v) is 7.20. The van der Waals surface area contributed by atoms with E-state index in [4.69, 9.17) is 0 Å². The smallest absolute Gasteiger partial charge is 0.265 e. The van der Waals surface area contributed by atoms with Crippen LogP contribution in [0.4, 0.5) is 11.4 Å². The first kappa shape index (κ1) is 14.5. The van der Waals surface area contributed by atoms with Gasteiger partial charge in [0.2, 0.25) is 5.91 Å². The molecular weight excluding hydrogens is 308 g/mol. The molecule has 0 bridgehead atoms. The lowest BCUT2D eigenvalue weighted by molar-refractivity contribution is -0.117. The normalized spacial score (nSPS) is 16.7. The molecule has 23 heavy (non-hydrogen) atoms. The molecule has 1 N–H and O–H groups in total. The number of amides is 2. The molecule has 1 fully saturated rings. The van der Waals surface area contributed by atoms with E-state index in [9.17, 15) is 9.59 Å². The molecule has 1 saturated heterocycles. The minimum atomic E-state index is -0.0469. The van der Waals surface area contributed by atoms with E-state index in [1.165, 1.54) is 16.9 Å². The van der Waals surface area contributed by atoms with Gasteiger partial charge in [-0.15, -0.1) is 11.3 Å². The van der Waals surface area contributed by atoms with Crippen LogP contribution in [0, 0.1) is 0 Å². The van der Waals surface area contributed by atoms with E-state index in [0.717, 1.165) is 42.1 Å². The molecule has 2 amide bonds. The van der Waals surface area contributed by atoms with Crippen molar-refractivity contribution in [2.45, 2.75) is 32.1 Å². The number of hydrogen-bond donors (Lipinski definition) is 1. The number of rotatable bonds is 3. The molecule has 0 saturated carbocycles. The highest BCUT2D eigenvalue weighted by Crippen LogP contribution is 2.31. The van der Waals surface area contributed by atoms with Crippen LogP contribution in [-0.4, -0.2) is 18.4 Å². The minimum Gasteiger partial charge on any atom is -0.321 e. The van der Waals surface area contributed by atoms with Crippen LogP contribution in [-0.2, 0) is 17.6 Å². The fourth-order valence-electron chi connectivity index (χ4n) is 3.28. The molecule has 1 aliphatic carbocycles. The van der Waals surface area contributed by atoms with E-state index in [1.807, 2.05) is 30.3 Å². The van der Waals surface area contributed by atoms with Gasteiger partial charge in [-0.1, -0.05) is 0 Å². The van der Waals surface area contributed by atoms with Gasteiger partial charge in [-0.25, -0.2) is 0 Å². The number of fused-ring (bicyclic) bond motifs is 1. The summed E-state index contributed by atoms with van der Waals surface area (Å²) in [5.74, 6) is 0.129. The number of hydrogen-bond acceptors (Lipinski definition) is 3. The van der Waals surface area contributed by atoms with Gasteiger partial charge < -0.3 is 10.2 Å². The van der Waals surface area contributed by atoms with Gasteiger partial charge >= 0.3 is 0 Å². The van der Waals surface area contributed by atoms with Gasteiger partial charge in [0.25, 0.3) is 5.91 Å². The summed E-state index contributed by atoms with van der Waals surface area (Å²) in [6.07, 6.45) is 4.95. The monoisotopic (exact) mass is 326 g/mol. The summed E-state index contributed by atoms with van der Waals surface area (Å²) >= 11 is 1.61. The zero-order valence-corrected chi connectivity index (χ0v) is 13.6. The van der Waals surface area contributed by atoms with Crippen LogP contribution in [0.25, 0.3) is 0 Å². The van der Waals surface area contributed by atoms with E-state index in [-0.39, 0.29) is 11.8 Å². The van der Waals surface area contributed by atoms with E-state index in [0.29, 0.717) is 6.42 Å². The summed E-state index contributed by atoms with van der Waals surface area (Å²) in [6, 6.07) is 9.54. The van der Waals surface area contributed by atoms with E-state index < -0.39 is 0 Å². The van der Waals surface area contributed by atoms with Crippen molar-refractivity contribution < 1.29 is 9.59 Å². The molecule has 0 unspecified atom stereocenters. The summed E-state index contributed by atoms with van der Waals surface area (Å²) in [5, 5.41) is 2.94. The van der Waals surface area contributed by atoms with Gasteiger partial charge in [0.05, 0.1) is 4.88 Å². The fourth-order valence-corrected chi connectivity index (χ4v) is 4.43. The molecule has 4 nitrogen and oxygen atoms in total. The van der Waals surface area contributed by atoms with Crippen molar-refractivity contribution in [2.75, 3.05) is 16.8 Å². The number of aryl methyl sites for hydroxylation is 2. The van der Waals surface area contributed by atoms with Gasteiger partial charge in [-0.2, -0.15) is 0 Å². The molecule has 5 heteroatoms. The number of benzene rings is 1. The van der Waals surface area contributed by atoms with Crippen molar-refractivity contribution in [3.63, 3.8) is 0 Å². The minimum absolute atomic E-state index is 0.0469. The highest BCUT2D eigenvalue weighted by atomic mass is 32.1. The highest BCUT2D eigenvalue weighted by molar-refractivity contribution is 7.14. The van der Waals surface area contributed by atoms with Gasteiger partial charge in [-0.05, 0) is 61.6 Å². The Morgan fingerprint density at radius 2 is 1.91 bits per heavy atom. The third-order valence-corrected chi connectivity index (χ3v) is 5.72. The second-order valence-electron chi connectivity index (χ2n) is 6.06. The largest absolute Gasteiger partial charge is 0.321 e. The average molecular weight is 326 g/mol. The van der Waals surface area contributed by atoms with Crippen molar-refractivity contribution >= 4 is 34.5 Å². The average Bonchev–Trinajstić information content (AvgIpc) is 3.23. The number of nitrogens with zero attached hydrogens (tertiary/aromatic N) is 1. The van der Waals surface area contributed by atoms with Crippen LogP contribution >= 0.6 is 11.3 Å². The molecule has 4 rings (SSSR count). The first-order valence-electron chi connectivity index (χ1n) is 8.04. The van der Waals surface area contributed by atoms with Gasteiger partial charge in [0, 0.05) is 29.2 Å². The molecule has 2 aromatic rings. The Bertz CT molecular complexity index is 742. The number of nitrogens with one attached hydrogen (secondary N) is 1.